The number of rotatable bonds is 2. The highest BCUT2D eigenvalue weighted by Gasteiger charge is 2.22. The van der Waals surface area contributed by atoms with Crippen LogP contribution in [0.4, 0.5) is 5.82 Å². The Bertz CT molecular complexity index is 562. The van der Waals surface area contributed by atoms with Crippen LogP contribution in [0.15, 0.2) is 6.33 Å². The van der Waals surface area contributed by atoms with Gasteiger partial charge in [-0.05, 0) is 6.92 Å². The van der Waals surface area contributed by atoms with Crippen molar-refractivity contribution in [2.45, 2.75) is 13.0 Å². The molecule has 0 aliphatic rings. The lowest BCUT2D eigenvalue weighted by molar-refractivity contribution is 0.0689. The van der Waals surface area contributed by atoms with E-state index in [4.69, 9.17) is 10.8 Å². The Balaban J connectivity index is 2.86. The molecule has 1 unspecified atom stereocenters. The van der Waals surface area contributed by atoms with Crippen LogP contribution in [-0.4, -0.2) is 35.8 Å². The number of nitrogens with two attached hydrogens (primary N) is 1. The summed E-state index contributed by atoms with van der Waals surface area (Å²) in [4.78, 5) is 18.7. The van der Waals surface area contributed by atoms with Gasteiger partial charge in [-0.2, -0.15) is 14.6 Å². The first-order chi connectivity index (χ1) is 7.52. The molecule has 16 heavy (non-hydrogen) atoms. The molecule has 0 aliphatic carbocycles. The summed E-state index contributed by atoms with van der Waals surface area (Å²) in [6.45, 7) is 1.40. The van der Waals surface area contributed by atoms with E-state index in [1.54, 1.807) is 0 Å². The molecule has 8 heteroatoms. The van der Waals surface area contributed by atoms with Gasteiger partial charge >= 0.3 is 5.97 Å². The van der Waals surface area contributed by atoms with E-state index < -0.39 is 12.1 Å². The lowest BCUT2D eigenvalue weighted by Crippen LogP contribution is -2.15. The summed E-state index contributed by atoms with van der Waals surface area (Å²) in [5.41, 5.74) is 5.35. The Morgan fingerprint density at radius 1 is 1.62 bits per heavy atom. The molecule has 0 fully saturated rings. The van der Waals surface area contributed by atoms with Crippen LogP contribution in [0.25, 0.3) is 5.78 Å². The second-order valence-electron chi connectivity index (χ2n) is 3.21. The fourth-order valence-corrected chi connectivity index (χ4v) is 1.40. The van der Waals surface area contributed by atoms with Crippen LogP contribution >= 0.6 is 0 Å². The molecule has 0 saturated heterocycles. The van der Waals surface area contributed by atoms with Crippen LogP contribution in [0.1, 0.15) is 29.1 Å². The van der Waals surface area contributed by atoms with Crippen molar-refractivity contribution in [3.8, 4) is 0 Å². The Morgan fingerprint density at radius 3 is 2.88 bits per heavy atom. The molecule has 84 valence electrons. The minimum Gasteiger partial charge on any atom is -0.477 e. The Labute approximate surface area is 89.4 Å². The van der Waals surface area contributed by atoms with Crippen molar-refractivity contribution in [2.75, 3.05) is 5.73 Å². The Kier molecular flexibility index (Phi) is 2.20. The van der Waals surface area contributed by atoms with E-state index in [2.05, 4.69) is 15.1 Å². The zero-order chi connectivity index (χ0) is 11.9. The highest BCUT2D eigenvalue weighted by Crippen LogP contribution is 2.21. The molecule has 0 saturated carbocycles. The molecule has 2 heterocycles. The number of carboxylic acid groups (broad SMARTS) is 1. The van der Waals surface area contributed by atoms with Gasteiger partial charge in [-0.25, -0.2) is 9.78 Å². The molecule has 2 aromatic rings. The third-order valence-corrected chi connectivity index (χ3v) is 2.10. The van der Waals surface area contributed by atoms with Crippen LogP contribution in [0.2, 0.25) is 0 Å². The summed E-state index contributed by atoms with van der Waals surface area (Å²) >= 11 is 0. The minimum atomic E-state index is -1.27. The van der Waals surface area contributed by atoms with Gasteiger partial charge in [0.15, 0.2) is 0 Å². The summed E-state index contributed by atoms with van der Waals surface area (Å²) in [6.07, 6.45) is 0.158. The van der Waals surface area contributed by atoms with Gasteiger partial charge in [-0.15, -0.1) is 0 Å². The molecular weight excluding hydrogens is 214 g/mol. The van der Waals surface area contributed by atoms with Crippen molar-refractivity contribution in [1.82, 2.24) is 19.6 Å². The molecule has 8 nitrogen and oxygen atoms in total. The van der Waals surface area contributed by atoms with Gasteiger partial charge in [0.05, 0.1) is 11.8 Å². The molecule has 4 N–H and O–H groups in total. The highest BCUT2D eigenvalue weighted by molar-refractivity contribution is 5.94. The van der Waals surface area contributed by atoms with Crippen molar-refractivity contribution in [1.29, 1.82) is 0 Å². The predicted octanol–water partition coefficient (Wildman–Crippen LogP) is -0.542. The van der Waals surface area contributed by atoms with Gasteiger partial charge in [0, 0.05) is 0 Å². The van der Waals surface area contributed by atoms with Crippen LogP contribution in [0.5, 0.6) is 0 Å². The van der Waals surface area contributed by atoms with E-state index in [1.165, 1.54) is 13.3 Å². The maximum atomic E-state index is 11.0. The number of aromatic nitrogens is 4. The van der Waals surface area contributed by atoms with Gasteiger partial charge < -0.3 is 15.9 Å². The van der Waals surface area contributed by atoms with E-state index in [1.807, 2.05) is 0 Å². The topological polar surface area (TPSA) is 127 Å². The van der Waals surface area contributed by atoms with E-state index >= 15 is 0 Å². The fraction of sp³-hybridized carbons (Fsp3) is 0.250. The maximum Gasteiger partial charge on any atom is 0.341 e. The van der Waals surface area contributed by atoms with Crippen molar-refractivity contribution >= 4 is 17.6 Å². The number of nitrogen functional groups attached to an aromatic ring is 1. The average molecular weight is 223 g/mol. The zero-order valence-electron chi connectivity index (χ0n) is 8.32. The number of anilines is 1. The normalized spacial score (nSPS) is 12.9. The van der Waals surface area contributed by atoms with Crippen molar-refractivity contribution in [2.24, 2.45) is 0 Å². The van der Waals surface area contributed by atoms with Crippen LogP contribution in [0, 0.1) is 0 Å². The molecular formula is C8H9N5O3. The first-order valence-electron chi connectivity index (χ1n) is 4.43. The molecule has 0 amide bonds. The highest BCUT2D eigenvalue weighted by atomic mass is 16.4. The number of nitrogens with zero attached hydrogens (tertiary/aromatic N) is 4. The summed E-state index contributed by atoms with van der Waals surface area (Å²) in [5.74, 6) is -1.22. The largest absolute Gasteiger partial charge is 0.477 e. The second kappa shape index (κ2) is 3.42. The smallest absolute Gasteiger partial charge is 0.341 e. The molecule has 0 spiro atoms. The lowest BCUT2D eigenvalue weighted by atomic mass is 10.1. The fourth-order valence-electron chi connectivity index (χ4n) is 1.40. The van der Waals surface area contributed by atoms with Crippen molar-refractivity contribution in [3.05, 3.63) is 17.6 Å². The zero-order valence-corrected chi connectivity index (χ0v) is 8.32. The quantitative estimate of drug-likeness (QED) is 0.623. The molecule has 0 radical (unpaired) electrons. The third kappa shape index (κ3) is 1.36. The number of fused-ring (bicyclic) bond motifs is 1. The first-order valence-corrected chi connectivity index (χ1v) is 4.43. The predicted molar refractivity (Wildman–Crippen MR) is 52.8 cm³/mol. The van der Waals surface area contributed by atoms with Gasteiger partial charge in [0.2, 0.25) is 0 Å². The standard InChI is InChI=1S/C8H9N5O3/c1-3(14)5-4(7(15)16)6(9)13-8(12-5)10-2-11-13/h2-3,14H,9H2,1H3,(H,15,16). The SMILES string of the molecule is CC(O)c1nc2ncnn2c(N)c1C(=O)O. The van der Waals surface area contributed by atoms with Crippen LogP contribution in [0.3, 0.4) is 0 Å². The number of hydrogen-bond donors (Lipinski definition) is 3. The van der Waals surface area contributed by atoms with E-state index in [0.717, 1.165) is 4.52 Å². The second-order valence-corrected chi connectivity index (χ2v) is 3.21. The molecule has 2 rings (SSSR count). The molecule has 0 aliphatic heterocycles. The molecule has 1 atom stereocenters. The molecule has 0 aromatic carbocycles. The Hall–Kier alpha value is -2.22. The number of carboxylic acids is 1. The Morgan fingerprint density at radius 2 is 2.31 bits per heavy atom. The maximum absolute atomic E-state index is 11.0. The number of aromatic carboxylic acids is 1. The number of aliphatic hydroxyl groups excluding tert-OH is 1. The minimum absolute atomic E-state index is 0.0227. The number of aliphatic hydroxyl groups is 1. The summed E-state index contributed by atoms with van der Waals surface area (Å²) < 4.78 is 1.11. The van der Waals surface area contributed by atoms with E-state index in [9.17, 15) is 9.90 Å². The van der Waals surface area contributed by atoms with Gasteiger partial charge in [-0.1, -0.05) is 0 Å². The third-order valence-electron chi connectivity index (χ3n) is 2.10. The summed E-state index contributed by atoms with van der Waals surface area (Å²) in [5, 5.41) is 22.2. The summed E-state index contributed by atoms with van der Waals surface area (Å²) in [7, 11) is 0. The van der Waals surface area contributed by atoms with Gasteiger partial charge in [0.1, 0.15) is 17.7 Å². The number of hydrogen-bond acceptors (Lipinski definition) is 6. The summed E-state index contributed by atoms with van der Waals surface area (Å²) in [6, 6.07) is 0. The van der Waals surface area contributed by atoms with Crippen molar-refractivity contribution < 1.29 is 15.0 Å². The average Bonchev–Trinajstić information content (AvgIpc) is 2.64. The van der Waals surface area contributed by atoms with Crippen LogP contribution < -0.4 is 5.73 Å². The van der Waals surface area contributed by atoms with E-state index in [-0.39, 0.29) is 22.9 Å². The lowest BCUT2D eigenvalue weighted by Gasteiger charge is -2.10. The molecule has 0 bridgehead atoms. The van der Waals surface area contributed by atoms with E-state index in [0.29, 0.717) is 0 Å². The van der Waals surface area contributed by atoms with Gasteiger partial charge in [-0.3, -0.25) is 0 Å². The first kappa shape index (κ1) is 10.3. The van der Waals surface area contributed by atoms with Crippen molar-refractivity contribution in [3.63, 3.8) is 0 Å². The molecule has 2 aromatic heterocycles. The van der Waals surface area contributed by atoms with Crippen LogP contribution in [-0.2, 0) is 0 Å². The van der Waals surface area contributed by atoms with Gasteiger partial charge in [0.25, 0.3) is 5.78 Å². The number of carbonyl (C=O) groups is 1. The monoisotopic (exact) mass is 223 g/mol.